The van der Waals surface area contributed by atoms with Crippen LogP contribution in [0.2, 0.25) is 0 Å². The molecule has 0 spiro atoms. The van der Waals surface area contributed by atoms with E-state index in [0.29, 0.717) is 12.2 Å². The summed E-state index contributed by atoms with van der Waals surface area (Å²) in [4.78, 5) is 27.9. The molecule has 0 saturated heterocycles. The SMILES string of the molecule is CNC(=O)Cc1ccc(NC(=O)CSc2nc3ccccc3s2)cc1. The number of para-hydroxylation sites is 1. The van der Waals surface area contributed by atoms with Gasteiger partial charge in [0.2, 0.25) is 11.8 Å². The molecule has 25 heavy (non-hydrogen) atoms. The lowest BCUT2D eigenvalue weighted by Crippen LogP contribution is -2.20. The summed E-state index contributed by atoms with van der Waals surface area (Å²) in [6, 6.07) is 15.2. The highest BCUT2D eigenvalue weighted by Crippen LogP contribution is 2.29. The van der Waals surface area contributed by atoms with E-state index < -0.39 is 0 Å². The summed E-state index contributed by atoms with van der Waals surface area (Å²) in [6.45, 7) is 0. The van der Waals surface area contributed by atoms with Crippen LogP contribution in [-0.4, -0.2) is 29.6 Å². The van der Waals surface area contributed by atoms with Crippen LogP contribution in [0.4, 0.5) is 5.69 Å². The Bertz CT molecular complexity index is 858. The number of aromatic nitrogens is 1. The first-order valence-electron chi connectivity index (χ1n) is 7.72. The zero-order valence-corrected chi connectivity index (χ0v) is 15.2. The molecule has 0 fully saturated rings. The molecule has 0 aliphatic rings. The molecule has 0 aliphatic carbocycles. The second kappa shape index (κ2) is 8.13. The third-order valence-corrected chi connectivity index (χ3v) is 5.66. The van der Waals surface area contributed by atoms with Crippen LogP contribution >= 0.6 is 23.1 Å². The summed E-state index contributed by atoms with van der Waals surface area (Å²) >= 11 is 3.02. The molecule has 5 nitrogen and oxygen atoms in total. The number of hydrogen-bond donors (Lipinski definition) is 2. The van der Waals surface area contributed by atoms with Crippen molar-refractivity contribution in [3.8, 4) is 0 Å². The van der Waals surface area contributed by atoms with Gasteiger partial charge < -0.3 is 10.6 Å². The van der Waals surface area contributed by atoms with Gasteiger partial charge in [0.25, 0.3) is 0 Å². The van der Waals surface area contributed by atoms with Crippen LogP contribution in [0.1, 0.15) is 5.56 Å². The van der Waals surface area contributed by atoms with Crippen molar-refractivity contribution in [2.24, 2.45) is 0 Å². The number of anilines is 1. The molecule has 0 bridgehead atoms. The molecule has 1 heterocycles. The second-order valence-corrected chi connectivity index (χ2v) is 7.58. The zero-order valence-electron chi connectivity index (χ0n) is 13.6. The smallest absolute Gasteiger partial charge is 0.234 e. The number of hydrogen-bond acceptors (Lipinski definition) is 5. The van der Waals surface area contributed by atoms with Gasteiger partial charge in [-0.3, -0.25) is 9.59 Å². The van der Waals surface area contributed by atoms with E-state index in [0.717, 1.165) is 25.8 Å². The summed E-state index contributed by atoms with van der Waals surface area (Å²) < 4.78 is 2.01. The predicted molar refractivity (Wildman–Crippen MR) is 103 cm³/mol. The lowest BCUT2D eigenvalue weighted by Gasteiger charge is -2.06. The Morgan fingerprint density at radius 2 is 1.84 bits per heavy atom. The van der Waals surface area contributed by atoms with Gasteiger partial charge in [-0.1, -0.05) is 36.0 Å². The molecule has 0 atom stereocenters. The fraction of sp³-hybridized carbons (Fsp3) is 0.167. The topological polar surface area (TPSA) is 71.1 Å². The van der Waals surface area contributed by atoms with Gasteiger partial charge in [0, 0.05) is 12.7 Å². The van der Waals surface area contributed by atoms with Gasteiger partial charge >= 0.3 is 0 Å². The Labute approximate surface area is 153 Å². The van der Waals surface area contributed by atoms with Crippen molar-refractivity contribution < 1.29 is 9.59 Å². The Morgan fingerprint density at radius 1 is 1.08 bits per heavy atom. The zero-order chi connectivity index (χ0) is 17.6. The molecular formula is C18H17N3O2S2. The van der Waals surface area contributed by atoms with E-state index in [-0.39, 0.29) is 11.8 Å². The third-order valence-electron chi connectivity index (χ3n) is 3.48. The molecule has 0 saturated carbocycles. The van der Waals surface area contributed by atoms with Crippen molar-refractivity contribution in [3.05, 3.63) is 54.1 Å². The van der Waals surface area contributed by atoms with Crippen molar-refractivity contribution in [3.63, 3.8) is 0 Å². The minimum Gasteiger partial charge on any atom is -0.359 e. The van der Waals surface area contributed by atoms with Gasteiger partial charge in [0.15, 0.2) is 4.34 Å². The summed E-state index contributed by atoms with van der Waals surface area (Å²) in [5.41, 5.74) is 2.58. The maximum absolute atomic E-state index is 12.1. The van der Waals surface area contributed by atoms with Crippen LogP contribution in [0.3, 0.4) is 0 Å². The van der Waals surface area contributed by atoms with Crippen LogP contribution < -0.4 is 10.6 Å². The van der Waals surface area contributed by atoms with E-state index in [2.05, 4.69) is 15.6 Å². The molecule has 3 aromatic rings. The van der Waals surface area contributed by atoms with Crippen LogP contribution in [0.5, 0.6) is 0 Å². The number of likely N-dealkylation sites (N-methyl/N-ethyl adjacent to an activating group) is 1. The molecule has 2 aromatic carbocycles. The van der Waals surface area contributed by atoms with E-state index in [4.69, 9.17) is 0 Å². The summed E-state index contributed by atoms with van der Waals surface area (Å²) in [7, 11) is 1.61. The Kier molecular flexibility index (Phi) is 5.67. The standard InChI is InChI=1S/C18H17N3O2S2/c1-19-16(22)10-12-6-8-13(9-7-12)20-17(23)11-24-18-21-14-4-2-3-5-15(14)25-18/h2-9H,10-11H2,1H3,(H,19,22)(H,20,23). The first kappa shape index (κ1) is 17.4. The molecular weight excluding hydrogens is 354 g/mol. The summed E-state index contributed by atoms with van der Waals surface area (Å²) in [6.07, 6.45) is 0.332. The molecule has 0 aliphatic heterocycles. The monoisotopic (exact) mass is 371 g/mol. The molecule has 1 aromatic heterocycles. The Morgan fingerprint density at radius 3 is 2.56 bits per heavy atom. The first-order chi connectivity index (χ1) is 12.1. The number of nitrogens with one attached hydrogen (secondary N) is 2. The number of amides is 2. The highest BCUT2D eigenvalue weighted by molar-refractivity contribution is 8.01. The van der Waals surface area contributed by atoms with Crippen LogP contribution in [0.15, 0.2) is 52.9 Å². The van der Waals surface area contributed by atoms with Crippen molar-refractivity contribution in [1.82, 2.24) is 10.3 Å². The minimum atomic E-state index is -0.0803. The number of carbonyl (C=O) groups excluding carboxylic acids is 2. The average molecular weight is 371 g/mol. The number of carbonyl (C=O) groups is 2. The van der Waals surface area contributed by atoms with Gasteiger partial charge in [-0.2, -0.15) is 0 Å². The maximum Gasteiger partial charge on any atom is 0.234 e. The molecule has 128 valence electrons. The van der Waals surface area contributed by atoms with E-state index >= 15 is 0 Å². The van der Waals surface area contributed by atoms with Gasteiger partial charge in [0.05, 0.1) is 22.4 Å². The Balaban J connectivity index is 1.52. The van der Waals surface area contributed by atoms with Crippen molar-refractivity contribution in [2.75, 3.05) is 18.1 Å². The highest BCUT2D eigenvalue weighted by atomic mass is 32.2. The van der Waals surface area contributed by atoms with Crippen molar-refractivity contribution in [1.29, 1.82) is 0 Å². The number of fused-ring (bicyclic) bond motifs is 1. The van der Waals surface area contributed by atoms with Crippen LogP contribution in [0, 0.1) is 0 Å². The lowest BCUT2D eigenvalue weighted by molar-refractivity contribution is -0.120. The average Bonchev–Trinajstić information content (AvgIpc) is 3.04. The summed E-state index contributed by atoms with van der Waals surface area (Å²) in [5.74, 6) is 0.187. The van der Waals surface area contributed by atoms with Gasteiger partial charge in [0.1, 0.15) is 0 Å². The number of thioether (sulfide) groups is 1. The number of rotatable bonds is 6. The molecule has 0 unspecified atom stereocenters. The molecule has 2 N–H and O–H groups in total. The summed E-state index contributed by atoms with van der Waals surface area (Å²) in [5, 5.41) is 5.44. The van der Waals surface area contributed by atoms with E-state index in [1.807, 2.05) is 36.4 Å². The Hall–Kier alpha value is -2.38. The number of thiazole rings is 1. The molecule has 2 amide bonds. The van der Waals surface area contributed by atoms with Crippen LogP contribution in [0.25, 0.3) is 10.2 Å². The van der Waals surface area contributed by atoms with Gasteiger partial charge in [-0.25, -0.2) is 4.98 Å². The third kappa shape index (κ3) is 4.80. The van der Waals surface area contributed by atoms with Gasteiger partial charge in [-0.05, 0) is 29.8 Å². The van der Waals surface area contributed by atoms with Crippen LogP contribution in [-0.2, 0) is 16.0 Å². The normalized spacial score (nSPS) is 10.6. The quantitative estimate of drug-likeness (QED) is 0.652. The minimum absolute atomic E-state index is 0.0379. The molecule has 3 rings (SSSR count). The predicted octanol–water partition coefficient (Wildman–Crippen LogP) is 3.32. The second-order valence-electron chi connectivity index (χ2n) is 5.33. The number of nitrogens with zero attached hydrogens (tertiary/aromatic N) is 1. The fourth-order valence-corrected chi connectivity index (χ4v) is 4.09. The first-order valence-corrected chi connectivity index (χ1v) is 9.52. The maximum atomic E-state index is 12.1. The van der Waals surface area contributed by atoms with Crippen molar-refractivity contribution in [2.45, 2.75) is 10.8 Å². The van der Waals surface area contributed by atoms with E-state index in [1.54, 1.807) is 30.5 Å². The molecule has 7 heteroatoms. The number of benzene rings is 2. The molecule has 0 radical (unpaired) electrons. The lowest BCUT2D eigenvalue weighted by atomic mass is 10.1. The van der Waals surface area contributed by atoms with Gasteiger partial charge in [-0.15, -0.1) is 11.3 Å². The van der Waals surface area contributed by atoms with E-state index in [9.17, 15) is 9.59 Å². The van der Waals surface area contributed by atoms with E-state index in [1.165, 1.54) is 11.8 Å². The van der Waals surface area contributed by atoms with Crippen molar-refractivity contribution >= 4 is 50.8 Å². The largest absolute Gasteiger partial charge is 0.359 e. The fourth-order valence-electron chi connectivity index (χ4n) is 2.22. The highest BCUT2D eigenvalue weighted by Gasteiger charge is 2.08.